The van der Waals surface area contributed by atoms with E-state index >= 15 is 0 Å². The van der Waals surface area contributed by atoms with E-state index in [-0.39, 0.29) is 5.91 Å². The molecule has 1 aliphatic heterocycles. The summed E-state index contributed by atoms with van der Waals surface area (Å²) in [4.78, 5) is 23.5. The van der Waals surface area contributed by atoms with Crippen LogP contribution < -0.4 is 15.5 Å². The predicted octanol–water partition coefficient (Wildman–Crippen LogP) is 2.08. The SMILES string of the molecule is Cc1ccc(C(=O)NCCNc2cc(N3CCOCC3)nc(C)n2)c(C)c1. The summed E-state index contributed by atoms with van der Waals surface area (Å²) in [5.41, 5.74) is 2.86. The molecule has 0 saturated carbocycles. The molecule has 0 bridgehead atoms. The molecule has 1 amide bonds. The first-order valence-corrected chi connectivity index (χ1v) is 9.30. The van der Waals surface area contributed by atoms with E-state index in [4.69, 9.17) is 4.74 Å². The third-order valence-corrected chi connectivity index (χ3v) is 4.50. The number of aromatic nitrogens is 2. The zero-order valence-electron chi connectivity index (χ0n) is 16.2. The Labute approximate surface area is 160 Å². The number of anilines is 2. The normalized spacial score (nSPS) is 14.1. The number of carbonyl (C=O) groups is 1. The average Bonchev–Trinajstić information content (AvgIpc) is 2.65. The van der Waals surface area contributed by atoms with Gasteiger partial charge in [-0.05, 0) is 32.4 Å². The summed E-state index contributed by atoms with van der Waals surface area (Å²) >= 11 is 0. The molecule has 1 aromatic carbocycles. The summed E-state index contributed by atoms with van der Waals surface area (Å²) in [5.74, 6) is 2.35. The van der Waals surface area contributed by atoms with Crippen LogP contribution in [0.25, 0.3) is 0 Å². The zero-order chi connectivity index (χ0) is 19.2. The molecular weight excluding hydrogens is 342 g/mol. The van der Waals surface area contributed by atoms with Gasteiger partial charge in [-0.2, -0.15) is 0 Å². The Morgan fingerprint density at radius 1 is 1.11 bits per heavy atom. The maximum absolute atomic E-state index is 12.3. The zero-order valence-corrected chi connectivity index (χ0v) is 16.2. The van der Waals surface area contributed by atoms with Gasteiger partial charge in [0.05, 0.1) is 13.2 Å². The summed E-state index contributed by atoms with van der Waals surface area (Å²) < 4.78 is 5.39. The van der Waals surface area contributed by atoms with E-state index in [1.807, 2.05) is 45.0 Å². The van der Waals surface area contributed by atoms with Crippen LogP contribution in [-0.2, 0) is 4.74 Å². The molecule has 3 rings (SSSR count). The van der Waals surface area contributed by atoms with Crippen LogP contribution in [-0.4, -0.2) is 55.3 Å². The lowest BCUT2D eigenvalue weighted by atomic mass is 10.1. The van der Waals surface area contributed by atoms with Crippen LogP contribution in [0.4, 0.5) is 11.6 Å². The fourth-order valence-electron chi connectivity index (χ4n) is 3.13. The number of rotatable bonds is 6. The molecule has 2 aromatic rings. The maximum atomic E-state index is 12.3. The molecule has 1 fully saturated rings. The molecule has 0 atom stereocenters. The van der Waals surface area contributed by atoms with Gasteiger partial charge < -0.3 is 20.3 Å². The Hall–Kier alpha value is -2.67. The van der Waals surface area contributed by atoms with E-state index in [1.165, 1.54) is 0 Å². The molecule has 0 unspecified atom stereocenters. The summed E-state index contributed by atoms with van der Waals surface area (Å²) in [5, 5.41) is 6.22. The molecule has 0 aliphatic carbocycles. The van der Waals surface area contributed by atoms with Crippen LogP contribution in [0.1, 0.15) is 27.3 Å². The summed E-state index contributed by atoms with van der Waals surface area (Å²) in [7, 11) is 0. The molecular formula is C20H27N5O2. The van der Waals surface area contributed by atoms with Gasteiger partial charge in [0, 0.05) is 37.8 Å². The van der Waals surface area contributed by atoms with Crippen molar-refractivity contribution in [3.05, 3.63) is 46.8 Å². The molecule has 0 spiro atoms. The van der Waals surface area contributed by atoms with Gasteiger partial charge in [-0.25, -0.2) is 9.97 Å². The van der Waals surface area contributed by atoms with Gasteiger partial charge in [-0.15, -0.1) is 0 Å². The Balaban J connectivity index is 1.52. The molecule has 2 N–H and O–H groups in total. The van der Waals surface area contributed by atoms with E-state index < -0.39 is 0 Å². The fraction of sp³-hybridized carbons (Fsp3) is 0.450. The van der Waals surface area contributed by atoms with Gasteiger partial charge in [0.1, 0.15) is 17.5 Å². The number of morpholine rings is 1. The Morgan fingerprint density at radius 3 is 2.63 bits per heavy atom. The van der Waals surface area contributed by atoms with Crippen molar-refractivity contribution >= 4 is 17.5 Å². The monoisotopic (exact) mass is 369 g/mol. The minimum atomic E-state index is -0.0535. The third kappa shape index (κ3) is 5.17. The van der Waals surface area contributed by atoms with Crippen molar-refractivity contribution in [3.8, 4) is 0 Å². The van der Waals surface area contributed by atoms with Crippen molar-refractivity contribution in [2.24, 2.45) is 0 Å². The number of benzene rings is 1. The van der Waals surface area contributed by atoms with Crippen LogP contribution in [0.2, 0.25) is 0 Å². The highest BCUT2D eigenvalue weighted by Crippen LogP contribution is 2.17. The van der Waals surface area contributed by atoms with Crippen molar-refractivity contribution in [1.29, 1.82) is 0 Å². The van der Waals surface area contributed by atoms with Crippen LogP contribution in [0, 0.1) is 20.8 Å². The first-order valence-electron chi connectivity index (χ1n) is 9.30. The highest BCUT2D eigenvalue weighted by molar-refractivity contribution is 5.95. The number of hydrogen-bond donors (Lipinski definition) is 2. The summed E-state index contributed by atoms with van der Waals surface area (Å²) in [6.45, 7) is 10.1. The van der Waals surface area contributed by atoms with Crippen LogP contribution in [0.5, 0.6) is 0 Å². The highest BCUT2D eigenvalue weighted by Gasteiger charge is 2.14. The van der Waals surface area contributed by atoms with Gasteiger partial charge in [0.2, 0.25) is 0 Å². The van der Waals surface area contributed by atoms with Gasteiger partial charge in [-0.1, -0.05) is 17.7 Å². The van der Waals surface area contributed by atoms with Gasteiger partial charge >= 0.3 is 0 Å². The minimum absolute atomic E-state index is 0.0535. The second-order valence-electron chi connectivity index (χ2n) is 6.76. The second-order valence-corrected chi connectivity index (χ2v) is 6.76. The van der Waals surface area contributed by atoms with Crippen molar-refractivity contribution in [3.63, 3.8) is 0 Å². The number of nitrogens with zero attached hydrogens (tertiary/aromatic N) is 3. The van der Waals surface area contributed by atoms with Crippen LogP contribution in [0.3, 0.4) is 0 Å². The highest BCUT2D eigenvalue weighted by atomic mass is 16.5. The largest absolute Gasteiger partial charge is 0.378 e. The standard InChI is InChI=1S/C20H27N5O2/c1-14-4-5-17(15(2)12-14)20(26)22-7-6-21-18-13-19(24-16(3)23-18)25-8-10-27-11-9-25/h4-5,12-13H,6-11H2,1-3H3,(H,22,26)(H,21,23,24). The van der Waals surface area contributed by atoms with E-state index in [0.717, 1.165) is 54.9 Å². The molecule has 2 heterocycles. The van der Waals surface area contributed by atoms with E-state index in [9.17, 15) is 4.79 Å². The third-order valence-electron chi connectivity index (χ3n) is 4.50. The van der Waals surface area contributed by atoms with Crippen LogP contribution >= 0.6 is 0 Å². The van der Waals surface area contributed by atoms with E-state index in [0.29, 0.717) is 18.7 Å². The van der Waals surface area contributed by atoms with Crippen molar-refractivity contribution < 1.29 is 9.53 Å². The second kappa shape index (κ2) is 8.81. The lowest BCUT2D eigenvalue weighted by Crippen LogP contribution is -2.37. The molecule has 7 nitrogen and oxygen atoms in total. The predicted molar refractivity (Wildman–Crippen MR) is 107 cm³/mol. The number of nitrogens with one attached hydrogen (secondary N) is 2. The number of ether oxygens (including phenoxy) is 1. The van der Waals surface area contributed by atoms with E-state index in [2.05, 4.69) is 25.5 Å². The van der Waals surface area contributed by atoms with Crippen molar-refractivity contribution in [2.45, 2.75) is 20.8 Å². The molecule has 1 saturated heterocycles. The van der Waals surface area contributed by atoms with E-state index in [1.54, 1.807) is 0 Å². The van der Waals surface area contributed by atoms with Gasteiger partial charge in [0.25, 0.3) is 5.91 Å². The lowest BCUT2D eigenvalue weighted by molar-refractivity contribution is 0.0954. The number of aryl methyl sites for hydroxylation is 3. The summed E-state index contributed by atoms with van der Waals surface area (Å²) in [6, 6.07) is 7.79. The molecule has 7 heteroatoms. The minimum Gasteiger partial charge on any atom is -0.378 e. The van der Waals surface area contributed by atoms with Gasteiger partial charge in [-0.3, -0.25) is 4.79 Å². The van der Waals surface area contributed by atoms with Crippen molar-refractivity contribution in [1.82, 2.24) is 15.3 Å². The molecule has 144 valence electrons. The number of amides is 1. The Bertz CT molecular complexity index is 803. The number of hydrogen-bond acceptors (Lipinski definition) is 6. The first kappa shape index (κ1) is 19.1. The Kier molecular flexibility index (Phi) is 6.24. The topological polar surface area (TPSA) is 79.4 Å². The van der Waals surface area contributed by atoms with Crippen molar-refractivity contribution in [2.75, 3.05) is 49.6 Å². The Morgan fingerprint density at radius 2 is 1.89 bits per heavy atom. The van der Waals surface area contributed by atoms with Crippen LogP contribution in [0.15, 0.2) is 24.3 Å². The molecule has 1 aromatic heterocycles. The average molecular weight is 369 g/mol. The fourth-order valence-corrected chi connectivity index (χ4v) is 3.13. The number of carbonyl (C=O) groups excluding carboxylic acids is 1. The molecule has 0 radical (unpaired) electrons. The first-order chi connectivity index (χ1) is 13.0. The summed E-state index contributed by atoms with van der Waals surface area (Å²) in [6.07, 6.45) is 0. The lowest BCUT2D eigenvalue weighted by Gasteiger charge is -2.28. The molecule has 27 heavy (non-hydrogen) atoms. The molecule has 1 aliphatic rings. The van der Waals surface area contributed by atoms with Gasteiger partial charge in [0.15, 0.2) is 0 Å². The maximum Gasteiger partial charge on any atom is 0.251 e. The quantitative estimate of drug-likeness (QED) is 0.759. The smallest absolute Gasteiger partial charge is 0.251 e.